The van der Waals surface area contributed by atoms with Gasteiger partial charge in [0.15, 0.2) is 5.78 Å². The number of carbonyl (C=O) groups excluding carboxylic acids is 1. The molecule has 88 valence electrons. The summed E-state index contributed by atoms with van der Waals surface area (Å²) in [6.45, 7) is -0.405. The van der Waals surface area contributed by atoms with Gasteiger partial charge in [0.05, 0.1) is 25.3 Å². The molecule has 0 aliphatic rings. The molecule has 15 heavy (non-hydrogen) atoms. The average molecular weight is 238 g/mol. The fourth-order valence-corrected chi connectivity index (χ4v) is 1.28. The molecule has 0 bridgehead atoms. The van der Waals surface area contributed by atoms with Gasteiger partial charge in [-0.05, 0) is 7.05 Å². The third-order valence-corrected chi connectivity index (χ3v) is 2.29. The second-order valence-electron chi connectivity index (χ2n) is 3.00. The summed E-state index contributed by atoms with van der Waals surface area (Å²) in [5.41, 5.74) is 0. The van der Waals surface area contributed by atoms with Crippen LogP contribution in [-0.2, 0) is 19.6 Å². The molecule has 0 aromatic carbocycles. The van der Waals surface area contributed by atoms with Gasteiger partial charge in [-0.25, -0.2) is 13.1 Å². The number of Topliss-reactive ketones (excluding diaryl/α,β-unsaturated/α-hetero) is 1. The maximum Gasteiger partial charge on any atom is 0.305 e. The number of sulfonamides is 1. The number of carboxylic acid groups (broad SMARTS) is 1. The van der Waals surface area contributed by atoms with Crippen LogP contribution >= 0.6 is 0 Å². The molecular weight excluding hydrogens is 224 g/mol. The summed E-state index contributed by atoms with van der Waals surface area (Å²) in [5, 5.41) is 11.0. The molecule has 1 unspecified atom stereocenters. The van der Waals surface area contributed by atoms with Crippen LogP contribution in [0.25, 0.3) is 0 Å². The second kappa shape index (κ2) is 5.79. The Hall–Kier alpha value is -0.990. The van der Waals surface area contributed by atoms with Crippen LogP contribution in [0, 0.1) is 0 Å². The molecule has 3 N–H and O–H groups in total. The Labute approximate surface area is 87.9 Å². The van der Waals surface area contributed by atoms with Crippen LogP contribution in [0.15, 0.2) is 0 Å². The van der Waals surface area contributed by atoms with Crippen molar-refractivity contribution in [1.82, 2.24) is 10.0 Å². The van der Waals surface area contributed by atoms with Crippen LogP contribution < -0.4 is 10.0 Å². The van der Waals surface area contributed by atoms with Crippen molar-refractivity contribution in [2.75, 3.05) is 19.8 Å². The first-order valence-corrected chi connectivity index (χ1v) is 6.02. The van der Waals surface area contributed by atoms with E-state index in [-0.39, 0.29) is 6.42 Å². The largest absolute Gasteiger partial charge is 0.481 e. The van der Waals surface area contributed by atoms with E-state index >= 15 is 0 Å². The highest BCUT2D eigenvalue weighted by Crippen LogP contribution is 1.93. The summed E-state index contributed by atoms with van der Waals surface area (Å²) in [7, 11) is -2.00. The highest BCUT2D eigenvalue weighted by Gasteiger charge is 2.20. The molecule has 0 radical (unpaired) electrons. The molecular formula is C7H14N2O5S. The summed E-state index contributed by atoms with van der Waals surface area (Å²) < 4.78 is 23.3. The van der Waals surface area contributed by atoms with Gasteiger partial charge in [0.2, 0.25) is 10.0 Å². The van der Waals surface area contributed by atoms with Crippen molar-refractivity contribution < 1.29 is 23.1 Å². The number of hydrogen-bond donors (Lipinski definition) is 3. The number of carbonyl (C=O) groups is 2. The molecule has 8 heteroatoms. The first-order valence-electron chi connectivity index (χ1n) is 4.12. The summed E-state index contributed by atoms with van der Waals surface area (Å²) in [6, 6.07) is -0.878. The van der Waals surface area contributed by atoms with Gasteiger partial charge in [-0.2, -0.15) is 0 Å². The van der Waals surface area contributed by atoms with E-state index in [2.05, 4.69) is 5.32 Å². The number of rotatable bonds is 7. The van der Waals surface area contributed by atoms with E-state index in [1.165, 1.54) is 7.05 Å². The van der Waals surface area contributed by atoms with Gasteiger partial charge in [0, 0.05) is 0 Å². The lowest BCUT2D eigenvalue weighted by Gasteiger charge is -2.12. The molecule has 0 aromatic heterocycles. The number of ketones is 1. The Balaban J connectivity index is 4.22. The first-order chi connectivity index (χ1) is 6.76. The maximum atomic E-state index is 11.3. The molecule has 0 aromatic rings. The molecule has 0 heterocycles. The van der Waals surface area contributed by atoms with Crippen LogP contribution in [0.3, 0.4) is 0 Å². The van der Waals surface area contributed by atoms with Crippen LogP contribution in [0.2, 0.25) is 0 Å². The van der Waals surface area contributed by atoms with E-state index in [1.54, 1.807) is 0 Å². The highest BCUT2D eigenvalue weighted by atomic mass is 32.2. The smallest absolute Gasteiger partial charge is 0.305 e. The topological polar surface area (TPSA) is 113 Å². The fourth-order valence-electron chi connectivity index (χ4n) is 0.877. The van der Waals surface area contributed by atoms with Crippen molar-refractivity contribution >= 4 is 21.8 Å². The van der Waals surface area contributed by atoms with E-state index in [4.69, 9.17) is 5.11 Å². The molecule has 7 nitrogen and oxygen atoms in total. The predicted molar refractivity (Wildman–Crippen MR) is 53.0 cm³/mol. The molecule has 0 rings (SSSR count). The fraction of sp³-hybridized carbons (Fsp3) is 0.714. The monoisotopic (exact) mass is 238 g/mol. The zero-order valence-corrected chi connectivity index (χ0v) is 9.30. The third kappa shape index (κ3) is 7.00. The SMILES string of the molecule is CNC(CC(=O)O)C(=O)CNS(C)(=O)=O. The maximum absolute atomic E-state index is 11.3. The van der Waals surface area contributed by atoms with Crippen molar-refractivity contribution in [2.24, 2.45) is 0 Å². The summed E-state index contributed by atoms with van der Waals surface area (Å²) >= 11 is 0. The number of hydrogen-bond acceptors (Lipinski definition) is 5. The molecule has 0 aliphatic heterocycles. The minimum Gasteiger partial charge on any atom is -0.481 e. The van der Waals surface area contributed by atoms with Crippen LogP contribution in [-0.4, -0.2) is 51.2 Å². The summed E-state index contributed by atoms with van der Waals surface area (Å²) in [4.78, 5) is 21.6. The highest BCUT2D eigenvalue weighted by molar-refractivity contribution is 7.88. The average Bonchev–Trinajstić information content (AvgIpc) is 2.08. The van der Waals surface area contributed by atoms with Crippen LogP contribution in [0.1, 0.15) is 6.42 Å². The zero-order valence-electron chi connectivity index (χ0n) is 8.48. The number of carboxylic acids is 1. The summed E-state index contributed by atoms with van der Waals surface area (Å²) in [5.74, 6) is -1.63. The Morgan fingerprint density at radius 3 is 2.27 bits per heavy atom. The molecule has 0 amide bonds. The number of nitrogens with one attached hydrogen (secondary N) is 2. The lowest BCUT2D eigenvalue weighted by atomic mass is 10.1. The van der Waals surface area contributed by atoms with Gasteiger partial charge in [-0.15, -0.1) is 0 Å². The Bertz CT molecular complexity index is 337. The van der Waals surface area contributed by atoms with Gasteiger partial charge in [0.1, 0.15) is 0 Å². The second-order valence-corrected chi connectivity index (χ2v) is 4.83. The van der Waals surface area contributed by atoms with Crippen LogP contribution in [0.5, 0.6) is 0 Å². The number of likely N-dealkylation sites (N-methyl/N-ethyl adjacent to an activating group) is 1. The van der Waals surface area contributed by atoms with E-state index in [9.17, 15) is 18.0 Å². The minimum absolute atomic E-state index is 0.374. The van der Waals surface area contributed by atoms with E-state index in [0.717, 1.165) is 6.26 Å². The normalized spacial score (nSPS) is 13.5. The third-order valence-electron chi connectivity index (χ3n) is 1.62. The standard InChI is InChI=1S/C7H14N2O5S/c1-8-5(3-7(11)12)6(10)4-9-15(2,13)14/h5,8-9H,3-4H2,1-2H3,(H,11,12). The van der Waals surface area contributed by atoms with Crippen molar-refractivity contribution in [1.29, 1.82) is 0 Å². The van der Waals surface area contributed by atoms with Gasteiger partial charge in [0.25, 0.3) is 0 Å². The van der Waals surface area contributed by atoms with Crippen LogP contribution in [0.4, 0.5) is 0 Å². The van der Waals surface area contributed by atoms with E-state index in [0.29, 0.717) is 0 Å². The van der Waals surface area contributed by atoms with Gasteiger partial charge in [-0.3, -0.25) is 9.59 Å². The first kappa shape index (κ1) is 14.0. The van der Waals surface area contributed by atoms with E-state index in [1.807, 2.05) is 4.72 Å². The van der Waals surface area contributed by atoms with Gasteiger partial charge in [-0.1, -0.05) is 0 Å². The molecule has 1 atom stereocenters. The minimum atomic E-state index is -3.44. The Morgan fingerprint density at radius 2 is 1.93 bits per heavy atom. The molecule has 0 spiro atoms. The van der Waals surface area contributed by atoms with Crippen molar-refractivity contribution in [3.05, 3.63) is 0 Å². The van der Waals surface area contributed by atoms with E-state index < -0.39 is 34.4 Å². The summed E-state index contributed by atoms with van der Waals surface area (Å²) in [6.07, 6.45) is 0.548. The van der Waals surface area contributed by atoms with Crippen molar-refractivity contribution in [2.45, 2.75) is 12.5 Å². The quantitative estimate of drug-likeness (QED) is 0.481. The molecule has 0 saturated heterocycles. The molecule has 0 aliphatic carbocycles. The Kier molecular flexibility index (Phi) is 5.40. The Morgan fingerprint density at radius 1 is 1.40 bits per heavy atom. The zero-order chi connectivity index (χ0) is 12.1. The van der Waals surface area contributed by atoms with Gasteiger partial charge >= 0.3 is 5.97 Å². The van der Waals surface area contributed by atoms with Crippen molar-refractivity contribution in [3.8, 4) is 0 Å². The van der Waals surface area contributed by atoms with Gasteiger partial charge < -0.3 is 10.4 Å². The van der Waals surface area contributed by atoms with Crippen molar-refractivity contribution in [3.63, 3.8) is 0 Å². The lowest BCUT2D eigenvalue weighted by molar-refractivity contribution is -0.139. The molecule has 0 fully saturated rings. The predicted octanol–water partition coefficient (Wildman–Crippen LogP) is -1.83. The number of aliphatic carboxylic acids is 1. The lowest BCUT2D eigenvalue weighted by Crippen LogP contribution is -2.42. The molecule has 0 saturated carbocycles.